The van der Waals surface area contributed by atoms with Crippen LogP contribution >= 0.6 is 0 Å². The Hall–Kier alpha value is -1.69. The first-order valence-electron chi connectivity index (χ1n) is 5.46. The molecule has 16 heavy (non-hydrogen) atoms. The van der Waals surface area contributed by atoms with E-state index in [0.717, 1.165) is 12.1 Å². The fourth-order valence-corrected chi connectivity index (χ4v) is 1.49. The van der Waals surface area contributed by atoms with Gasteiger partial charge in [-0.05, 0) is 38.5 Å². The summed E-state index contributed by atoms with van der Waals surface area (Å²) < 4.78 is 0. The van der Waals surface area contributed by atoms with E-state index in [9.17, 15) is 0 Å². The molecule has 1 aromatic rings. The summed E-state index contributed by atoms with van der Waals surface area (Å²) in [5.74, 6) is 0. The van der Waals surface area contributed by atoms with Crippen molar-refractivity contribution < 1.29 is 0 Å². The van der Waals surface area contributed by atoms with Crippen LogP contribution in [-0.4, -0.2) is 12.6 Å². The van der Waals surface area contributed by atoms with Crippen LogP contribution in [0.1, 0.15) is 32.8 Å². The highest BCUT2D eigenvalue weighted by molar-refractivity contribution is 5.70. The Balaban J connectivity index is 3.11. The lowest BCUT2D eigenvalue weighted by atomic mass is 9.98. The molecule has 0 bridgehead atoms. The standard InChI is InChI=1S/C13H19N3/c1-5-13(2,3)16(4)12-7-6-10(9-14)8-11(12)15/h6-8H,5,15H2,1-4H3. The van der Waals surface area contributed by atoms with Gasteiger partial charge in [0.2, 0.25) is 0 Å². The summed E-state index contributed by atoms with van der Waals surface area (Å²) in [6.45, 7) is 6.49. The zero-order valence-corrected chi connectivity index (χ0v) is 10.4. The number of hydrogen-bond acceptors (Lipinski definition) is 3. The second-order valence-electron chi connectivity index (χ2n) is 4.61. The predicted molar refractivity (Wildman–Crippen MR) is 68.3 cm³/mol. The molecule has 0 aromatic heterocycles. The third-order valence-corrected chi connectivity index (χ3v) is 3.29. The Kier molecular flexibility index (Phi) is 3.44. The molecule has 0 aliphatic heterocycles. The molecule has 0 aliphatic carbocycles. The Morgan fingerprint density at radius 1 is 1.44 bits per heavy atom. The van der Waals surface area contributed by atoms with Crippen LogP contribution in [0.25, 0.3) is 0 Å². The third-order valence-electron chi connectivity index (χ3n) is 3.29. The van der Waals surface area contributed by atoms with Crippen molar-refractivity contribution in [1.82, 2.24) is 0 Å². The van der Waals surface area contributed by atoms with Gasteiger partial charge in [0.25, 0.3) is 0 Å². The molecule has 0 spiro atoms. The van der Waals surface area contributed by atoms with E-state index in [-0.39, 0.29) is 5.54 Å². The molecule has 0 amide bonds. The van der Waals surface area contributed by atoms with Crippen LogP contribution in [-0.2, 0) is 0 Å². The number of anilines is 2. The molecule has 0 fully saturated rings. The minimum absolute atomic E-state index is 0.0578. The fourth-order valence-electron chi connectivity index (χ4n) is 1.49. The van der Waals surface area contributed by atoms with Crippen LogP contribution in [0.3, 0.4) is 0 Å². The monoisotopic (exact) mass is 217 g/mol. The average Bonchev–Trinajstić information content (AvgIpc) is 2.28. The molecular formula is C13H19N3. The van der Waals surface area contributed by atoms with Crippen LogP contribution in [0, 0.1) is 11.3 Å². The molecule has 3 nitrogen and oxygen atoms in total. The Labute approximate surface area is 97.5 Å². The smallest absolute Gasteiger partial charge is 0.0992 e. The summed E-state index contributed by atoms with van der Waals surface area (Å²) >= 11 is 0. The molecule has 1 aromatic carbocycles. The van der Waals surface area contributed by atoms with Crippen LogP contribution in [0.15, 0.2) is 18.2 Å². The molecule has 86 valence electrons. The number of nitrogen functional groups attached to an aromatic ring is 1. The van der Waals surface area contributed by atoms with Crippen molar-refractivity contribution in [3.63, 3.8) is 0 Å². The molecule has 1 rings (SSSR count). The second kappa shape index (κ2) is 4.44. The lowest BCUT2D eigenvalue weighted by molar-refractivity contribution is 0.471. The van der Waals surface area contributed by atoms with E-state index in [0.29, 0.717) is 11.3 Å². The van der Waals surface area contributed by atoms with Crippen molar-refractivity contribution in [2.24, 2.45) is 0 Å². The lowest BCUT2D eigenvalue weighted by Gasteiger charge is -2.37. The molecule has 3 heteroatoms. The molecule has 0 radical (unpaired) electrons. The third kappa shape index (κ3) is 2.27. The largest absolute Gasteiger partial charge is 0.397 e. The number of nitriles is 1. The number of nitrogens with zero attached hydrogens (tertiary/aromatic N) is 2. The van der Waals surface area contributed by atoms with Gasteiger partial charge in [0.1, 0.15) is 0 Å². The SMILES string of the molecule is CCC(C)(C)N(C)c1ccc(C#N)cc1N. The molecule has 0 saturated heterocycles. The van der Waals surface area contributed by atoms with Crippen molar-refractivity contribution in [1.29, 1.82) is 5.26 Å². The van der Waals surface area contributed by atoms with Crippen molar-refractivity contribution in [2.45, 2.75) is 32.7 Å². The van der Waals surface area contributed by atoms with Gasteiger partial charge in [-0.25, -0.2) is 0 Å². The Bertz CT molecular complexity index is 416. The van der Waals surface area contributed by atoms with E-state index in [2.05, 4.69) is 31.7 Å². The summed E-state index contributed by atoms with van der Waals surface area (Å²) in [5, 5.41) is 8.78. The second-order valence-corrected chi connectivity index (χ2v) is 4.61. The van der Waals surface area contributed by atoms with Gasteiger partial charge in [-0.2, -0.15) is 5.26 Å². The van der Waals surface area contributed by atoms with Crippen LogP contribution in [0.2, 0.25) is 0 Å². The van der Waals surface area contributed by atoms with Gasteiger partial charge in [0, 0.05) is 12.6 Å². The summed E-state index contributed by atoms with van der Waals surface area (Å²) in [6, 6.07) is 7.52. The highest BCUT2D eigenvalue weighted by atomic mass is 15.2. The maximum atomic E-state index is 8.78. The van der Waals surface area contributed by atoms with E-state index in [1.807, 2.05) is 13.1 Å². The van der Waals surface area contributed by atoms with Crippen molar-refractivity contribution in [3.8, 4) is 6.07 Å². The molecule has 0 aliphatic rings. The Morgan fingerprint density at radius 2 is 2.06 bits per heavy atom. The number of nitrogens with two attached hydrogens (primary N) is 1. The van der Waals surface area contributed by atoms with E-state index in [4.69, 9.17) is 11.0 Å². The molecule has 2 N–H and O–H groups in total. The van der Waals surface area contributed by atoms with E-state index >= 15 is 0 Å². The minimum Gasteiger partial charge on any atom is -0.397 e. The topological polar surface area (TPSA) is 53.0 Å². The van der Waals surface area contributed by atoms with Crippen molar-refractivity contribution >= 4 is 11.4 Å². The van der Waals surface area contributed by atoms with Gasteiger partial charge in [-0.15, -0.1) is 0 Å². The average molecular weight is 217 g/mol. The normalized spacial score (nSPS) is 10.9. The van der Waals surface area contributed by atoms with Gasteiger partial charge >= 0.3 is 0 Å². The summed E-state index contributed by atoms with van der Waals surface area (Å²) in [5.41, 5.74) is 8.25. The first kappa shape index (κ1) is 12.4. The van der Waals surface area contributed by atoms with Gasteiger partial charge in [-0.1, -0.05) is 6.92 Å². The zero-order valence-electron chi connectivity index (χ0n) is 10.4. The zero-order chi connectivity index (χ0) is 12.3. The van der Waals surface area contributed by atoms with Gasteiger partial charge in [0.05, 0.1) is 23.0 Å². The maximum absolute atomic E-state index is 8.78. The van der Waals surface area contributed by atoms with Crippen LogP contribution in [0.4, 0.5) is 11.4 Å². The van der Waals surface area contributed by atoms with E-state index in [1.165, 1.54) is 0 Å². The summed E-state index contributed by atoms with van der Waals surface area (Å²) in [4.78, 5) is 2.16. The Morgan fingerprint density at radius 3 is 2.50 bits per heavy atom. The molecule has 0 heterocycles. The lowest BCUT2D eigenvalue weighted by Crippen LogP contribution is -2.40. The quantitative estimate of drug-likeness (QED) is 0.792. The van der Waals surface area contributed by atoms with Crippen molar-refractivity contribution in [2.75, 3.05) is 17.7 Å². The minimum atomic E-state index is 0.0578. The van der Waals surface area contributed by atoms with Gasteiger partial charge in [-0.3, -0.25) is 0 Å². The number of benzene rings is 1. The first-order chi connectivity index (χ1) is 7.42. The van der Waals surface area contributed by atoms with Crippen LogP contribution in [0.5, 0.6) is 0 Å². The molecule has 0 unspecified atom stereocenters. The van der Waals surface area contributed by atoms with Crippen molar-refractivity contribution in [3.05, 3.63) is 23.8 Å². The first-order valence-corrected chi connectivity index (χ1v) is 5.46. The highest BCUT2D eigenvalue weighted by Crippen LogP contribution is 2.30. The van der Waals surface area contributed by atoms with E-state index < -0.39 is 0 Å². The molecular weight excluding hydrogens is 198 g/mol. The maximum Gasteiger partial charge on any atom is 0.0992 e. The highest BCUT2D eigenvalue weighted by Gasteiger charge is 2.22. The van der Waals surface area contributed by atoms with Crippen LogP contribution < -0.4 is 10.6 Å². The molecule has 0 atom stereocenters. The van der Waals surface area contributed by atoms with Gasteiger partial charge in [0.15, 0.2) is 0 Å². The number of rotatable bonds is 3. The summed E-state index contributed by atoms with van der Waals surface area (Å²) in [7, 11) is 2.03. The summed E-state index contributed by atoms with van der Waals surface area (Å²) in [6.07, 6.45) is 1.03. The number of hydrogen-bond donors (Lipinski definition) is 1. The predicted octanol–water partition coefficient (Wildman–Crippen LogP) is 2.77. The molecule has 0 saturated carbocycles. The van der Waals surface area contributed by atoms with Gasteiger partial charge < -0.3 is 10.6 Å². The van der Waals surface area contributed by atoms with E-state index in [1.54, 1.807) is 12.1 Å². The fraction of sp³-hybridized carbons (Fsp3) is 0.462.